The summed E-state index contributed by atoms with van der Waals surface area (Å²) in [5, 5.41) is 2.95. The first-order valence-electron chi connectivity index (χ1n) is 7.68. The summed E-state index contributed by atoms with van der Waals surface area (Å²) in [5.41, 5.74) is 0.752. The molecule has 21 heavy (non-hydrogen) atoms. The summed E-state index contributed by atoms with van der Waals surface area (Å²) in [4.78, 5) is 14.2. The maximum absolute atomic E-state index is 12.3. The Morgan fingerprint density at radius 3 is 2.86 bits per heavy atom. The summed E-state index contributed by atoms with van der Waals surface area (Å²) in [6, 6.07) is 5.52. The van der Waals surface area contributed by atoms with Gasteiger partial charge in [0.25, 0.3) is 0 Å². The van der Waals surface area contributed by atoms with Crippen LogP contribution < -0.4 is 14.8 Å². The lowest BCUT2D eigenvalue weighted by atomic mass is 10.0. The van der Waals surface area contributed by atoms with E-state index < -0.39 is 0 Å². The van der Waals surface area contributed by atoms with Crippen LogP contribution in [0.1, 0.15) is 26.2 Å². The van der Waals surface area contributed by atoms with Crippen LogP contribution in [0, 0.1) is 5.92 Å². The minimum Gasteiger partial charge on any atom is -0.490 e. The second-order valence-electron chi connectivity index (χ2n) is 5.84. The van der Waals surface area contributed by atoms with E-state index in [9.17, 15) is 4.79 Å². The zero-order valence-electron chi connectivity index (χ0n) is 12.4. The Labute approximate surface area is 125 Å². The maximum Gasteiger partial charge on any atom is 0.321 e. The van der Waals surface area contributed by atoms with Crippen molar-refractivity contribution in [3.63, 3.8) is 0 Å². The number of nitrogens with zero attached hydrogens (tertiary/aromatic N) is 1. The van der Waals surface area contributed by atoms with Gasteiger partial charge in [0.1, 0.15) is 0 Å². The molecule has 0 saturated carbocycles. The summed E-state index contributed by atoms with van der Waals surface area (Å²) in [6.45, 7) is 5.17. The summed E-state index contributed by atoms with van der Waals surface area (Å²) in [6.07, 6.45) is 3.16. The molecule has 0 spiro atoms. The third kappa shape index (κ3) is 3.40. The van der Waals surface area contributed by atoms with Crippen LogP contribution in [-0.4, -0.2) is 37.2 Å². The molecule has 1 unspecified atom stereocenters. The van der Waals surface area contributed by atoms with Crippen molar-refractivity contribution in [1.82, 2.24) is 4.90 Å². The molecular weight excluding hydrogens is 268 g/mol. The van der Waals surface area contributed by atoms with E-state index in [1.54, 1.807) is 0 Å². The number of benzene rings is 1. The van der Waals surface area contributed by atoms with Crippen LogP contribution in [0.4, 0.5) is 10.5 Å². The first-order valence-corrected chi connectivity index (χ1v) is 7.68. The fourth-order valence-electron chi connectivity index (χ4n) is 2.82. The molecule has 5 heteroatoms. The number of hydrogen-bond donors (Lipinski definition) is 1. The molecule has 0 radical (unpaired) electrons. The number of rotatable bonds is 1. The molecule has 1 saturated heterocycles. The number of likely N-dealkylation sites (tertiary alicyclic amines) is 1. The van der Waals surface area contributed by atoms with Gasteiger partial charge in [-0.3, -0.25) is 0 Å². The average molecular weight is 290 g/mol. The fraction of sp³-hybridized carbons (Fsp3) is 0.562. The number of hydrogen-bond acceptors (Lipinski definition) is 3. The topological polar surface area (TPSA) is 50.8 Å². The molecular formula is C16H22N2O3. The Morgan fingerprint density at radius 1 is 1.24 bits per heavy atom. The molecule has 3 rings (SSSR count). The van der Waals surface area contributed by atoms with Crippen molar-refractivity contribution in [2.24, 2.45) is 5.92 Å². The third-order valence-electron chi connectivity index (χ3n) is 3.94. The Balaban J connectivity index is 1.67. The van der Waals surface area contributed by atoms with Gasteiger partial charge in [0.2, 0.25) is 0 Å². The van der Waals surface area contributed by atoms with Gasteiger partial charge in [0, 0.05) is 31.3 Å². The summed E-state index contributed by atoms with van der Waals surface area (Å²) in [7, 11) is 0. The van der Waals surface area contributed by atoms with Gasteiger partial charge in [-0.25, -0.2) is 4.79 Å². The molecule has 0 aromatic heterocycles. The number of amides is 2. The smallest absolute Gasteiger partial charge is 0.321 e. The van der Waals surface area contributed by atoms with E-state index in [0.29, 0.717) is 24.9 Å². The van der Waals surface area contributed by atoms with Crippen LogP contribution in [0.15, 0.2) is 18.2 Å². The molecule has 1 N–H and O–H groups in total. The van der Waals surface area contributed by atoms with Crippen molar-refractivity contribution in [1.29, 1.82) is 0 Å². The van der Waals surface area contributed by atoms with Crippen LogP contribution in [0.3, 0.4) is 0 Å². The highest BCUT2D eigenvalue weighted by molar-refractivity contribution is 5.89. The SMILES string of the molecule is CC1CCCN(C(=O)Nc2ccc3c(c2)OCCCO3)C1. The normalized spacial score (nSPS) is 21.6. The first-order chi connectivity index (χ1) is 10.2. The zero-order chi connectivity index (χ0) is 14.7. The summed E-state index contributed by atoms with van der Waals surface area (Å²) < 4.78 is 11.2. The van der Waals surface area contributed by atoms with Crippen molar-refractivity contribution in [3.05, 3.63) is 18.2 Å². The van der Waals surface area contributed by atoms with Crippen LogP contribution in [0.5, 0.6) is 11.5 Å². The van der Waals surface area contributed by atoms with Crippen molar-refractivity contribution in [2.45, 2.75) is 26.2 Å². The number of nitrogens with one attached hydrogen (secondary N) is 1. The molecule has 0 aliphatic carbocycles. The van der Waals surface area contributed by atoms with Gasteiger partial charge < -0.3 is 19.7 Å². The predicted octanol–water partition coefficient (Wildman–Crippen LogP) is 3.11. The van der Waals surface area contributed by atoms with E-state index in [4.69, 9.17) is 9.47 Å². The van der Waals surface area contributed by atoms with Crippen molar-refractivity contribution < 1.29 is 14.3 Å². The average Bonchev–Trinajstić information content (AvgIpc) is 2.72. The van der Waals surface area contributed by atoms with Gasteiger partial charge >= 0.3 is 6.03 Å². The number of ether oxygens (including phenoxy) is 2. The van der Waals surface area contributed by atoms with Crippen molar-refractivity contribution in [3.8, 4) is 11.5 Å². The highest BCUT2D eigenvalue weighted by Gasteiger charge is 2.21. The highest BCUT2D eigenvalue weighted by Crippen LogP contribution is 2.32. The summed E-state index contributed by atoms with van der Waals surface area (Å²) >= 11 is 0. The molecule has 2 heterocycles. The standard InChI is InChI=1S/C16H22N2O3/c1-12-4-2-7-18(11-12)16(19)17-13-5-6-14-15(10-13)21-9-3-8-20-14/h5-6,10,12H,2-4,7-9,11H2,1H3,(H,17,19). The van der Waals surface area contributed by atoms with E-state index in [1.807, 2.05) is 23.1 Å². The molecule has 2 aliphatic heterocycles. The Morgan fingerprint density at radius 2 is 2.05 bits per heavy atom. The van der Waals surface area contributed by atoms with E-state index in [2.05, 4.69) is 12.2 Å². The number of urea groups is 1. The number of carbonyl (C=O) groups excluding carboxylic acids is 1. The lowest BCUT2D eigenvalue weighted by Crippen LogP contribution is -2.41. The van der Waals surface area contributed by atoms with Crippen LogP contribution in [0.2, 0.25) is 0 Å². The largest absolute Gasteiger partial charge is 0.490 e. The second-order valence-corrected chi connectivity index (χ2v) is 5.84. The summed E-state index contributed by atoms with van der Waals surface area (Å²) in [5.74, 6) is 2.03. The van der Waals surface area contributed by atoms with Crippen LogP contribution in [0.25, 0.3) is 0 Å². The minimum atomic E-state index is -0.0314. The van der Waals surface area contributed by atoms with Crippen molar-refractivity contribution in [2.75, 3.05) is 31.6 Å². The number of piperidine rings is 1. The van der Waals surface area contributed by atoms with E-state index in [-0.39, 0.29) is 6.03 Å². The predicted molar refractivity (Wildman–Crippen MR) is 81.0 cm³/mol. The van der Waals surface area contributed by atoms with E-state index >= 15 is 0 Å². The van der Waals surface area contributed by atoms with Crippen LogP contribution >= 0.6 is 0 Å². The number of carbonyl (C=O) groups is 1. The zero-order valence-corrected chi connectivity index (χ0v) is 12.4. The first kappa shape index (κ1) is 14.0. The lowest BCUT2D eigenvalue weighted by molar-refractivity contribution is 0.182. The lowest BCUT2D eigenvalue weighted by Gasteiger charge is -2.31. The van der Waals surface area contributed by atoms with Gasteiger partial charge in [-0.2, -0.15) is 0 Å². The molecule has 2 amide bonds. The molecule has 5 nitrogen and oxygen atoms in total. The van der Waals surface area contributed by atoms with Crippen molar-refractivity contribution >= 4 is 11.7 Å². The Kier molecular flexibility index (Phi) is 4.18. The van der Waals surface area contributed by atoms with Gasteiger partial charge in [0.15, 0.2) is 11.5 Å². The molecule has 114 valence electrons. The molecule has 1 aromatic rings. The Hall–Kier alpha value is -1.91. The van der Waals surface area contributed by atoms with Crippen LogP contribution in [-0.2, 0) is 0 Å². The monoisotopic (exact) mass is 290 g/mol. The second kappa shape index (κ2) is 6.24. The molecule has 0 bridgehead atoms. The maximum atomic E-state index is 12.3. The van der Waals surface area contributed by atoms with Gasteiger partial charge in [0.05, 0.1) is 13.2 Å². The molecule has 1 atom stereocenters. The van der Waals surface area contributed by atoms with E-state index in [0.717, 1.165) is 37.4 Å². The quantitative estimate of drug-likeness (QED) is 0.864. The third-order valence-corrected chi connectivity index (χ3v) is 3.94. The molecule has 2 aliphatic rings. The van der Waals surface area contributed by atoms with Gasteiger partial charge in [-0.1, -0.05) is 6.92 Å². The molecule has 1 aromatic carbocycles. The van der Waals surface area contributed by atoms with Gasteiger partial charge in [-0.05, 0) is 30.9 Å². The Bertz CT molecular complexity index is 518. The number of fused-ring (bicyclic) bond motifs is 1. The number of anilines is 1. The molecule has 1 fully saturated rings. The van der Waals surface area contributed by atoms with E-state index in [1.165, 1.54) is 6.42 Å². The van der Waals surface area contributed by atoms with Gasteiger partial charge in [-0.15, -0.1) is 0 Å². The minimum absolute atomic E-state index is 0.0314. The fourth-order valence-corrected chi connectivity index (χ4v) is 2.82. The highest BCUT2D eigenvalue weighted by atomic mass is 16.5.